The highest BCUT2D eigenvalue weighted by molar-refractivity contribution is 5.92. The van der Waals surface area contributed by atoms with Crippen LogP contribution in [-0.4, -0.2) is 13.1 Å². The first-order chi connectivity index (χ1) is 9.13. The van der Waals surface area contributed by atoms with E-state index < -0.39 is 0 Å². The number of hydrazine groups is 1. The number of esters is 1. The average Bonchev–Trinajstić information content (AvgIpc) is 2.46. The number of hydrogen-bond donors (Lipinski definition) is 2. The molecule has 98 valence electrons. The van der Waals surface area contributed by atoms with Crippen molar-refractivity contribution in [1.82, 2.24) is 0 Å². The summed E-state index contributed by atoms with van der Waals surface area (Å²) in [5, 5.41) is 0. The molecule has 4 nitrogen and oxygen atoms in total. The Morgan fingerprint density at radius 2 is 1.79 bits per heavy atom. The third-order valence-electron chi connectivity index (χ3n) is 2.91. The van der Waals surface area contributed by atoms with Crippen LogP contribution in [0.4, 0.5) is 5.69 Å². The fraction of sp³-hybridized carbons (Fsp3) is 0.133. The molecule has 0 aromatic heterocycles. The Bertz CT molecular complexity index is 592. The molecule has 2 aromatic carbocycles. The van der Waals surface area contributed by atoms with Gasteiger partial charge in [-0.2, -0.15) is 0 Å². The van der Waals surface area contributed by atoms with Gasteiger partial charge >= 0.3 is 5.97 Å². The van der Waals surface area contributed by atoms with E-state index in [0.29, 0.717) is 11.3 Å². The second-order valence-corrected chi connectivity index (χ2v) is 4.30. The normalized spacial score (nSPS) is 10.1. The van der Waals surface area contributed by atoms with Crippen LogP contribution in [0.15, 0.2) is 42.5 Å². The van der Waals surface area contributed by atoms with Gasteiger partial charge in [-0.3, -0.25) is 5.84 Å². The number of carbonyl (C=O) groups excluding carboxylic acids is 1. The minimum absolute atomic E-state index is 0.384. The van der Waals surface area contributed by atoms with Crippen molar-refractivity contribution in [1.29, 1.82) is 0 Å². The van der Waals surface area contributed by atoms with E-state index in [1.807, 2.05) is 37.3 Å². The lowest BCUT2D eigenvalue weighted by molar-refractivity contribution is 0.0601. The van der Waals surface area contributed by atoms with Gasteiger partial charge in [0.15, 0.2) is 0 Å². The Morgan fingerprint density at radius 1 is 1.11 bits per heavy atom. The van der Waals surface area contributed by atoms with Crippen molar-refractivity contribution in [3.63, 3.8) is 0 Å². The molecule has 0 saturated carbocycles. The zero-order valence-electron chi connectivity index (χ0n) is 10.9. The molecule has 3 N–H and O–H groups in total. The Kier molecular flexibility index (Phi) is 3.82. The lowest BCUT2D eigenvalue weighted by Crippen LogP contribution is -2.09. The highest BCUT2D eigenvalue weighted by Gasteiger charge is 2.09. The van der Waals surface area contributed by atoms with E-state index in [0.717, 1.165) is 11.1 Å². The van der Waals surface area contributed by atoms with E-state index >= 15 is 0 Å². The molecule has 19 heavy (non-hydrogen) atoms. The van der Waals surface area contributed by atoms with Gasteiger partial charge in [0.25, 0.3) is 0 Å². The molecule has 0 aliphatic carbocycles. The average molecular weight is 256 g/mol. The number of aryl methyl sites for hydroxylation is 1. The molecule has 0 saturated heterocycles. The summed E-state index contributed by atoms with van der Waals surface area (Å²) in [6, 6.07) is 13.4. The fourth-order valence-electron chi connectivity index (χ4n) is 1.86. The zero-order valence-corrected chi connectivity index (χ0v) is 10.9. The molecule has 2 aromatic rings. The van der Waals surface area contributed by atoms with Gasteiger partial charge in [-0.15, -0.1) is 0 Å². The van der Waals surface area contributed by atoms with Crippen LogP contribution >= 0.6 is 0 Å². The summed E-state index contributed by atoms with van der Waals surface area (Å²) >= 11 is 0. The molecular weight excluding hydrogens is 240 g/mol. The first-order valence-corrected chi connectivity index (χ1v) is 5.91. The molecule has 0 atom stereocenters. The van der Waals surface area contributed by atoms with Crippen molar-refractivity contribution in [2.75, 3.05) is 12.5 Å². The van der Waals surface area contributed by atoms with Crippen molar-refractivity contribution in [2.24, 2.45) is 5.84 Å². The molecule has 0 radical (unpaired) electrons. The number of carbonyl (C=O) groups is 1. The van der Waals surface area contributed by atoms with Gasteiger partial charge in [0.05, 0.1) is 12.7 Å². The topological polar surface area (TPSA) is 64.3 Å². The molecule has 0 amide bonds. The van der Waals surface area contributed by atoms with Crippen LogP contribution in [0.5, 0.6) is 0 Å². The molecule has 0 spiro atoms. The highest BCUT2D eigenvalue weighted by atomic mass is 16.5. The SMILES string of the molecule is COC(=O)c1cc(NN)cc(-c2ccc(C)cc2)c1. The molecule has 4 heteroatoms. The number of rotatable bonds is 3. The summed E-state index contributed by atoms with van der Waals surface area (Å²) in [6.07, 6.45) is 0. The number of anilines is 1. The molecule has 0 aliphatic rings. The van der Waals surface area contributed by atoms with Gasteiger partial charge in [0.1, 0.15) is 0 Å². The Labute approximate surface area is 112 Å². The lowest BCUT2D eigenvalue weighted by atomic mass is 10.0. The van der Waals surface area contributed by atoms with Gasteiger partial charge in [-0.25, -0.2) is 4.79 Å². The summed E-state index contributed by atoms with van der Waals surface area (Å²) in [5.74, 6) is 5.05. The number of hydrogen-bond acceptors (Lipinski definition) is 4. The monoisotopic (exact) mass is 256 g/mol. The van der Waals surface area contributed by atoms with Crippen LogP contribution in [-0.2, 0) is 4.74 Å². The predicted octanol–water partition coefficient (Wildman–Crippen LogP) is 2.73. The summed E-state index contributed by atoms with van der Waals surface area (Å²) in [7, 11) is 1.36. The minimum atomic E-state index is -0.384. The largest absolute Gasteiger partial charge is 0.465 e. The van der Waals surface area contributed by atoms with Gasteiger partial charge in [0.2, 0.25) is 0 Å². The van der Waals surface area contributed by atoms with Gasteiger partial charge < -0.3 is 10.2 Å². The Morgan fingerprint density at radius 3 is 2.37 bits per heavy atom. The molecule has 0 bridgehead atoms. The lowest BCUT2D eigenvalue weighted by Gasteiger charge is -2.09. The third-order valence-corrected chi connectivity index (χ3v) is 2.91. The van der Waals surface area contributed by atoms with Crippen LogP contribution in [0.1, 0.15) is 15.9 Å². The number of benzene rings is 2. The smallest absolute Gasteiger partial charge is 0.337 e. The highest BCUT2D eigenvalue weighted by Crippen LogP contribution is 2.25. The number of nitrogens with two attached hydrogens (primary N) is 1. The van der Waals surface area contributed by atoms with Crippen LogP contribution < -0.4 is 11.3 Å². The number of methoxy groups -OCH3 is 1. The second kappa shape index (κ2) is 5.54. The summed E-state index contributed by atoms with van der Waals surface area (Å²) in [4.78, 5) is 11.6. The predicted molar refractivity (Wildman–Crippen MR) is 75.8 cm³/mol. The number of nitrogen functional groups attached to an aromatic ring is 1. The maximum absolute atomic E-state index is 11.6. The quantitative estimate of drug-likeness (QED) is 0.503. The van der Waals surface area contributed by atoms with Gasteiger partial charge in [-0.05, 0) is 36.2 Å². The van der Waals surface area contributed by atoms with E-state index in [1.165, 1.54) is 12.7 Å². The van der Waals surface area contributed by atoms with Crippen molar-refractivity contribution in [3.05, 3.63) is 53.6 Å². The maximum Gasteiger partial charge on any atom is 0.337 e. The van der Waals surface area contributed by atoms with Crippen molar-refractivity contribution in [2.45, 2.75) is 6.92 Å². The molecular formula is C15H16N2O2. The standard InChI is InChI=1S/C15H16N2O2/c1-10-3-5-11(6-4-10)12-7-13(15(18)19-2)9-14(8-12)17-16/h3-9,17H,16H2,1-2H3. The fourth-order valence-corrected chi connectivity index (χ4v) is 1.86. The third kappa shape index (κ3) is 2.92. The summed E-state index contributed by atoms with van der Waals surface area (Å²) in [6.45, 7) is 2.03. The van der Waals surface area contributed by atoms with E-state index in [1.54, 1.807) is 12.1 Å². The zero-order chi connectivity index (χ0) is 13.8. The molecule has 0 fully saturated rings. The van der Waals surface area contributed by atoms with Crippen LogP contribution in [0.25, 0.3) is 11.1 Å². The summed E-state index contributed by atoms with van der Waals surface area (Å²) in [5.41, 5.74) is 6.81. The van der Waals surface area contributed by atoms with Crippen LogP contribution in [0, 0.1) is 6.92 Å². The number of ether oxygens (including phenoxy) is 1. The van der Waals surface area contributed by atoms with Crippen LogP contribution in [0.2, 0.25) is 0 Å². The van der Waals surface area contributed by atoms with E-state index in [9.17, 15) is 4.79 Å². The van der Waals surface area contributed by atoms with Crippen molar-refractivity contribution < 1.29 is 9.53 Å². The first kappa shape index (κ1) is 13.1. The Hall–Kier alpha value is -2.33. The second-order valence-electron chi connectivity index (χ2n) is 4.30. The Balaban J connectivity index is 2.50. The molecule has 0 heterocycles. The van der Waals surface area contributed by atoms with E-state index in [-0.39, 0.29) is 5.97 Å². The van der Waals surface area contributed by atoms with Gasteiger partial charge in [-0.1, -0.05) is 29.8 Å². The van der Waals surface area contributed by atoms with Gasteiger partial charge in [0, 0.05) is 5.69 Å². The van der Waals surface area contributed by atoms with E-state index in [2.05, 4.69) is 5.43 Å². The number of nitrogens with one attached hydrogen (secondary N) is 1. The van der Waals surface area contributed by atoms with E-state index in [4.69, 9.17) is 10.6 Å². The first-order valence-electron chi connectivity index (χ1n) is 5.91. The maximum atomic E-state index is 11.6. The minimum Gasteiger partial charge on any atom is -0.465 e. The van der Waals surface area contributed by atoms with Crippen LogP contribution in [0.3, 0.4) is 0 Å². The molecule has 2 rings (SSSR count). The van der Waals surface area contributed by atoms with Crippen molar-refractivity contribution in [3.8, 4) is 11.1 Å². The molecule has 0 unspecified atom stereocenters. The van der Waals surface area contributed by atoms with Crippen molar-refractivity contribution >= 4 is 11.7 Å². The molecule has 0 aliphatic heterocycles. The summed E-state index contributed by atoms with van der Waals surface area (Å²) < 4.78 is 4.74.